The summed E-state index contributed by atoms with van der Waals surface area (Å²) in [5.41, 5.74) is 6.71. The van der Waals surface area contributed by atoms with Crippen molar-refractivity contribution in [1.82, 2.24) is 4.98 Å². The van der Waals surface area contributed by atoms with Gasteiger partial charge in [-0.3, -0.25) is 15.4 Å². The number of nitrogen functional groups attached to an aromatic ring is 1. The number of aromatic nitrogens is 1. The van der Waals surface area contributed by atoms with Crippen LogP contribution in [0, 0.1) is 10.1 Å². The molecule has 0 fully saturated rings. The van der Waals surface area contributed by atoms with E-state index in [2.05, 4.69) is 20.8 Å². The second kappa shape index (κ2) is 10.4. The van der Waals surface area contributed by atoms with Gasteiger partial charge in [0.05, 0.1) is 23.8 Å². The molecule has 1 heterocycles. The fourth-order valence-corrected chi connectivity index (χ4v) is 2.52. The van der Waals surface area contributed by atoms with E-state index in [1.165, 1.54) is 6.07 Å². The Kier molecular flexibility index (Phi) is 7.71. The first-order valence-corrected chi connectivity index (χ1v) is 8.80. The van der Waals surface area contributed by atoms with Crippen molar-refractivity contribution in [3.05, 3.63) is 52.1 Å². The molecular formula is C18H22N6O5. The molecule has 1 aromatic carbocycles. The van der Waals surface area contributed by atoms with Gasteiger partial charge in [0.25, 0.3) is 0 Å². The largest absolute Gasteiger partial charge is 0.450 e. The monoisotopic (exact) mass is 402 g/mol. The van der Waals surface area contributed by atoms with Gasteiger partial charge in [-0.1, -0.05) is 35.5 Å². The normalized spacial score (nSPS) is 11.0. The zero-order chi connectivity index (χ0) is 21.2. The summed E-state index contributed by atoms with van der Waals surface area (Å²) < 4.78 is 4.76. The van der Waals surface area contributed by atoms with Crippen molar-refractivity contribution in [2.45, 2.75) is 19.8 Å². The molecule has 1 amide bonds. The molecule has 5 N–H and O–H groups in total. The van der Waals surface area contributed by atoms with Gasteiger partial charge in [0.15, 0.2) is 0 Å². The third kappa shape index (κ3) is 6.34. The zero-order valence-corrected chi connectivity index (χ0v) is 15.8. The summed E-state index contributed by atoms with van der Waals surface area (Å²) in [4.78, 5) is 26.0. The van der Waals surface area contributed by atoms with E-state index in [0.717, 1.165) is 5.56 Å². The number of oxime groups is 1. The number of nitrogens with zero attached hydrogens (tertiary/aromatic N) is 3. The van der Waals surface area contributed by atoms with Gasteiger partial charge in [0.1, 0.15) is 11.5 Å². The van der Waals surface area contributed by atoms with Crippen LogP contribution in [0.5, 0.6) is 0 Å². The highest BCUT2D eigenvalue weighted by molar-refractivity contribution is 5.90. The highest BCUT2D eigenvalue weighted by Crippen LogP contribution is 2.32. The number of carbonyl (C=O) groups excluding carboxylic acids is 1. The van der Waals surface area contributed by atoms with Crippen LogP contribution in [0.1, 0.15) is 18.9 Å². The molecule has 1 aromatic heterocycles. The van der Waals surface area contributed by atoms with Crippen LogP contribution >= 0.6 is 0 Å². The van der Waals surface area contributed by atoms with Gasteiger partial charge in [-0.25, -0.2) is 9.78 Å². The van der Waals surface area contributed by atoms with E-state index in [1.54, 1.807) is 6.92 Å². The minimum atomic E-state index is -0.764. The standard InChI is InChI=1S/C18H22N6O5/c1-2-29-18(25)22-15-10-14(16(24(27)28)17(19)21-15)20-11-13(23-26)9-8-12-6-4-3-5-7-12/h3-7,10,26H,2,8-9,11H2,1H3,(H4,19,20,21,22,25)/b23-13+. The van der Waals surface area contributed by atoms with E-state index >= 15 is 0 Å². The van der Waals surface area contributed by atoms with Gasteiger partial charge in [-0.2, -0.15) is 0 Å². The summed E-state index contributed by atoms with van der Waals surface area (Å²) in [6, 6.07) is 10.9. The van der Waals surface area contributed by atoms with Crippen molar-refractivity contribution in [2.75, 3.05) is 29.5 Å². The number of nitrogens with one attached hydrogen (secondary N) is 2. The maximum absolute atomic E-state index is 11.6. The lowest BCUT2D eigenvalue weighted by molar-refractivity contribution is -0.383. The van der Waals surface area contributed by atoms with Crippen LogP contribution < -0.4 is 16.4 Å². The van der Waals surface area contributed by atoms with E-state index in [0.29, 0.717) is 18.6 Å². The molecule has 0 aliphatic heterocycles. The molecule has 0 saturated carbocycles. The number of rotatable bonds is 9. The molecule has 11 heteroatoms. The molecule has 0 saturated heterocycles. The first-order chi connectivity index (χ1) is 13.9. The van der Waals surface area contributed by atoms with Gasteiger partial charge in [0.2, 0.25) is 5.82 Å². The number of amides is 1. The van der Waals surface area contributed by atoms with Crippen LogP contribution in [-0.4, -0.2) is 40.1 Å². The molecule has 2 aromatic rings. The summed E-state index contributed by atoms with van der Waals surface area (Å²) >= 11 is 0. The van der Waals surface area contributed by atoms with E-state index in [4.69, 9.17) is 10.5 Å². The summed E-state index contributed by atoms with van der Waals surface area (Å²) in [7, 11) is 0. The first-order valence-electron chi connectivity index (χ1n) is 8.80. The molecule has 0 atom stereocenters. The predicted octanol–water partition coefficient (Wildman–Crippen LogP) is 3.02. The van der Waals surface area contributed by atoms with Gasteiger partial charge in [-0.15, -0.1) is 0 Å². The Bertz CT molecular complexity index is 888. The Balaban J connectivity index is 2.12. The maximum atomic E-state index is 11.6. The zero-order valence-electron chi connectivity index (χ0n) is 15.8. The van der Waals surface area contributed by atoms with Crippen LogP contribution in [0.15, 0.2) is 41.6 Å². The second-order valence-corrected chi connectivity index (χ2v) is 5.90. The fraction of sp³-hybridized carbons (Fsp3) is 0.278. The molecule has 11 nitrogen and oxygen atoms in total. The highest BCUT2D eigenvalue weighted by Gasteiger charge is 2.22. The van der Waals surface area contributed by atoms with Crippen LogP contribution in [-0.2, 0) is 11.2 Å². The number of hydrogen-bond acceptors (Lipinski definition) is 9. The fourth-order valence-electron chi connectivity index (χ4n) is 2.52. The third-order valence-corrected chi connectivity index (χ3v) is 3.88. The number of nitro groups is 1. The first kappa shape index (κ1) is 21.4. The number of carbonyl (C=O) groups is 1. The number of hydrogen-bond donors (Lipinski definition) is 4. The van der Waals surface area contributed by atoms with E-state index in [9.17, 15) is 20.1 Å². The van der Waals surface area contributed by atoms with Crippen LogP contribution in [0.25, 0.3) is 0 Å². The maximum Gasteiger partial charge on any atom is 0.412 e. The van der Waals surface area contributed by atoms with Crippen molar-refractivity contribution in [1.29, 1.82) is 0 Å². The van der Waals surface area contributed by atoms with Crippen molar-refractivity contribution in [3.8, 4) is 0 Å². The Morgan fingerprint density at radius 1 is 1.38 bits per heavy atom. The second-order valence-electron chi connectivity index (χ2n) is 5.90. The Morgan fingerprint density at radius 2 is 2.10 bits per heavy atom. The molecule has 29 heavy (non-hydrogen) atoms. The minimum absolute atomic E-state index is 0.0131. The van der Waals surface area contributed by atoms with Crippen molar-refractivity contribution in [2.24, 2.45) is 5.16 Å². The quantitative estimate of drug-likeness (QED) is 0.215. The number of anilines is 3. The summed E-state index contributed by atoms with van der Waals surface area (Å²) in [5.74, 6) is -0.389. The lowest BCUT2D eigenvalue weighted by atomic mass is 10.1. The van der Waals surface area contributed by atoms with Crippen LogP contribution in [0.3, 0.4) is 0 Å². The van der Waals surface area contributed by atoms with Gasteiger partial charge < -0.3 is 21.0 Å². The lowest BCUT2D eigenvalue weighted by Gasteiger charge is -2.12. The predicted molar refractivity (Wildman–Crippen MR) is 108 cm³/mol. The number of ether oxygens (including phenoxy) is 1. The lowest BCUT2D eigenvalue weighted by Crippen LogP contribution is -2.18. The van der Waals surface area contributed by atoms with Gasteiger partial charge in [-0.05, 0) is 25.3 Å². The van der Waals surface area contributed by atoms with E-state index in [1.807, 2.05) is 30.3 Å². The summed E-state index contributed by atoms with van der Waals surface area (Å²) in [6.07, 6.45) is 0.313. The molecule has 0 spiro atoms. The van der Waals surface area contributed by atoms with E-state index < -0.39 is 16.7 Å². The van der Waals surface area contributed by atoms with Crippen molar-refractivity contribution >= 4 is 34.8 Å². The number of nitrogens with two attached hydrogens (primary N) is 1. The minimum Gasteiger partial charge on any atom is -0.450 e. The molecule has 2 rings (SSSR count). The average Bonchev–Trinajstić information content (AvgIpc) is 2.68. The summed E-state index contributed by atoms with van der Waals surface area (Å²) in [6.45, 7) is 1.82. The SMILES string of the molecule is CCOC(=O)Nc1cc(NC/C(CCc2ccccc2)=N/O)c([N+](=O)[O-])c(N)n1. The van der Waals surface area contributed by atoms with Crippen LogP contribution in [0.4, 0.5) is 27.8 Å². The van der Waals surface area contributed by atoms with Gasteiger partial charge >= 0.3 is 11.8 Å². The summed E-state index contributed by atoms with van der Waals surface area (Å²) in [5, 5.41) is 29.0. The molecule has 0 bridgehead atoms. The smallest absolute Gasteiger partial charge is 0.412 e. The third-order valence-electron chi connectivity index (χ3n) is 3.88. The van der Waals surface area contributed by atoms with Crippen LogP contribution in [0.2, 0.25) is 0 Å². The molecule has 0 aliphatic rings. The topological polar surface area (TPSA) is 165 Å². The average molecular weight is 402 g/mol. The molecule has 154 valence electrons. The molecule has 0 unspecified atom stereocenters. The van der Waals surface area contributed by atoms with Crippen molar-refractivity contribution in [3.63, 3.8) is 0 Å². The Morgan fingerprint density at radius 3 is 2.72 bits per heavy atom. The molecule has 0 radical (unpaired) electrons. The Hall–Kier alpha value is -3.89. The molecule has 0 aliphatic carbocycles. The Labute approximate surface area is 166 Å². The number of benzene rings is 1. The van der Waals surface area contributed by atoms with E-state index in [-0.39, 0.29) is 30.5 Å². The number of pyridine rings is 1. The highest BCUT2D eigenvalue weighted by atomic mass is 16.6. The number of aryl methyl sites for hydroxylation is 1. The van der Waals surface area contributed by atoms with Crippen molar-refractivity contribution < 1.29 is 19.7 Å². The molecular weight excluding hydrogens is 380 g/mol. The van der Waals surface area contributed by atoms with Gasteiger partial charge in [0, 0.05) is 6.07 Å².